The minimum atomic E-state index is -5.91. The average Bonchev–Trinajstić information content (AvgIpc) is 2.25. The molecular weight excluding hydrogens is 329 g/mol. The molecule has 0 rings (SSSR count). The van der Waals surface area contributed by atoms with Crippen LogP contribution in [0.4, 0.5) is 13.2 Å². The first kappa shape index (κ1) is 20.8. The molecule has 1 unspecified atom stereocenters. The summed E-state index contributed by atoms with van der Waals surface area (Å²) in [6.45, 7) is 5.53. The van der Waals surface area contributed by atoms with E-state index in [9.17, 15) is 31.2 Å². The quantitative estimate of drug-likeness (QED) is 0.316. The third kappa shape index (κ3) is 4.94. The van der Waals surface area contributed by atoms with Crippen molar-refractivity contribution in [2.24, 2.45) is 5.41 Å². The largest absolute Gasteiger partial charge is 0.523 e. The summed E-state index contributed by atoms with van der Waals surface area (Å²) < 4.78 is 67.5. The molecule has 1 atom stereocenters. The van der Waals surface area contributed by atoms with E-state index in [1.165, 1.54) is 27.7 Å². The van der Waals surface area contributed by atoms with E-state index < -0.39 is 45.0 Å². The topological polar surface area (TPSA) is 86.7 Å². The average molecular weight is 348 g/mol. The number of ether oxygens (including phenoxy) is 1. The monoisotopic (exact) mass is 348 g/mol. The van der Waals surface area contributed by atoms with Crippen LogP contribution in [0.3, 0.4) is 0 Å². The number of carbonyl (C=O) groups excluding carboxylic acids is 2. The third-order valence-electron chi connectivity index (χ3n) is 2.81. The molecule has 0 spiro atoms. The third-order valence-corrected chi connectivity index (χ3v) is 3.81. The molecule has 130 valence electrons. The van der Waals surface area contributed by atoms with Crippen molar-refractivity contribution in [3.05, 3.63) is 0 Å². The van der Waals surface area contributed by atoms with E-state index >= 15 is 0 Å². The highest BCUT2D eigenvalue weighted by atomic mass is 32.2. The summed E-state index contributed by atoms with van der Waals surface area (Å²) in [4.78, 5) is 23.9. The molecule has 0 saturated carbocycles. The standard InChI is InChI=1S/C12H19F3O6S/c1-6-11(8(2)16,9(17)21-10(3,4)5)7-20-22(18,19)12(13,14)15/h6-7H2,1-5H3. The van der Waals surface area contributed by atoms with Gasteiger partial charge in [0, 0.05) is 0 Å². The van der Waals surface area contributed by atoms with Gasteiger partial charge in [-0.2, -0.15) is 21.6 Å². The first-order chi connectivity index (χ1) is 9.59. The van der Waals surface area contributed by atoms with Gasteiger partial charge in [0.2, 0.25) is 0 Å². The summed E-state index contributed by atoms with van der Waals surface area (Å²) >= 11 is 0. The molecule has 0 aromatic heterocycles. The second-order valence-electron chi connectivity index (χ2n) is 5.66. The van der Waals surface area contributed by atoms with Crippen molar-refractivity contribution in [3.8, 4) is 0 Å². The van der Waals surface area contributed by atoms with Gasteiger partial charge in [-0.15, -0.1) is 0 Å². The van der Waals surface area contributed by atoms with Crippen LogP contribution in [0.5, 0.6) is 0 Å². The van der Waals surface area contributed by atoms with E-state index in [0.717, 1.165) is 6.92 Å². The second kappa shape index (κ2) is 6.53. The molecule has 0 aromatic carbocycles. The normalized spacial score (nSPS) is 16.0. The van der Waals surface area contributed by atoms with Crippen LogP contribution in [0.2, 0.25) is 0 Å². The minimum Gasteiger partial charge on any atom is -0.459 e. The lowest BCUT2D eigenvalue weighted by atomic mass is 9.82. The van der Waals surface area contributed by atoms with Crippen molar-refractivity contribution in [2.45, 2.75) is 52.1 Å². The zero-order valence-corrected chi connectivity index (χ0v) is 13.7. The maximum Gasteiger partial charge on any atom is 0.523 e. The van der Waals surface area contributed by atoms with E-state index in [0.29, 0.717) is 0 Å². The lowest BCUT2D eigenvalue weighted by molar-refractivity contribution is -0.172. The maximum atomic E-state index is 12.3. The molecule has 0 aliphatic heterocycles. The van der Waals surface area contributed by atoms with Gasteiger partial charge in [0.05, 0.1) is 6.61 Å². The molecule has 6 nitrogen and oxygen atoms in total. The van der Waals surface area contributed by atoms with Crippen LogP contribution in [-0.2, 0) is 28.6 Å². The molecule has 0 bridgehead atoms. The molecular formula is C12H19F3O6S. The van der Waals surface area contributed by atoms with Crippen molar-refractivity contribution in [1.29, 1.82) is 0 Å². The van der Waals surface area contributed by atoms with E-state index in [2.05, 4.69) is 4.18 Å². The Labute approximate surface area is 127 Å². The Morgan fingerprint density at radius 2 is 1.55 bits per heavy atom. The zero-order valence-electron chi connectivity index (χ0n) is 12.9. The summed E-state index contributed by atoms with van der Waals surface area (Å²) in [5, 5.41) is 0. The summed E-state index contributed by atoms with van der Waals surface area (Å²) in [5.41, 5.74) is -8.77. The Morgan fingerprint density at radius 1 is 1.09 bits per heavy atom. The van der Waals surface area contributed by atoms with Crippen LogP contribution in [-0.4, -0.2) is 37.9 Å². The number of Topliss-reactive ketones (excluding diaryl/α,β-unsaturated/α-hetero) is 1. The van der Waals surface area contributed by atoms with Gasteiger partial charge in [0.25, 0.3) is 0 Å². The number of alkyl halides is 3. The van der Waals surface area contributed by atoms with Gasteiger partial charge in [-0.3, -0.25) is 13.8 Å². The smallest absolute Gasteiger partial charge is 0.459 e. The van der Waals surface area contributed by atoms with Crippen molar-refractivity contribution in [1.82, 2.24) is 0 Å². The lowest BCUT2D eigenvalue weighted by Gasteiger charge is -2.31. The molecule has 0 heterocycles. The van der Waals surface area contributed by atoms with Crippen LogP contribution in [0, 0.1) is 5.41 Å². The zero-order chi connectivity index (χ0) is 18.0. The van der Waals surface area contributed by atoms with E-state index in [4.69, 9.17) is 4.74 Å². The molecule has 0 aliphatic rings. The Kier molecular flexibility index (Phi) is 6.19. The number of halogens is 3. The van der Waals surface area contributed by atoms with Gasteiger partial charge in [0.1, 0.15) is 11.4 Å². The summed E-state index contributed by atoms with van der Waals surface area (Å²) in [7, 11) is -5.91. The SMILES string of the molecule is CCC(COS(=O)(=O)C(F)(F)F)(C(C)=O)C(=O)OC(C)(C)C. The summed E-state index contributed by atoms with van der Waals surface area (Å²) in [5.74, 6) is -1.98. The highest BCUT2D eigenvalue weighted by Crippen LogP contribution is 2.32. The van der Waals surface area contributed by atoms with Crippen molar-refractivity contribution < 1.29 is 40.1 Å². The van der Waals surface area contributed by atoms with Gasteiger partial charge >= 0.3 is 21.6 Å². The molecule has 0 amide bonds. The van der Waals surface area contributed by atoms with Gasteiger partial charge in [-0.1, -0.05) is 6.92 Å². The summed E-state index contributed by atoms with van der Waals surface area (Å²) in [6, 6.07) is 0. The fourth-order valence-electron chi connectivity index (χ4n) is 1.42. The number of esters is 1. The maximum absolute atomic E-state index is 12.3. The Bertz CT molecular complexity index is 532. The predicted molar refractivity (Wildman–Crippen MR) is 70.2 cm³/mol. The first-order valence-corrected chi connectivity index (χ1v) is 7.70. The molecule has 0 fully saturated rings. The Morgan fingerprint density at radius 3 is 1.82 bits per heavy atom. The molecule has 22 heavy (non-hydrogen) atoms. The second-order valence-corrected chi connectivity index (χ2v) is 7.26. The number of hydrogen-bond donors (Lipinski definition) is 0. The summed E-state index contributed by atoms with van der Waals surface area (Å²) in [6.07, 6.45) is -0.273. The molecule has 0 radical (unpaired) electrons. The van der Waals surface area contributed by atoms with Gasteiger partial charge < -0.3 is 4.74 Å². The van der Waals surface area contributed by atoms with Crippen LogP contribution in [0.25, 0.3) is 0 Å². The minimum absolute atomic E-state index is 0.273. The number of hydrogen-bond acceptors (Lipinski definition) is 6. The predicted octanol–water partition coefficient (Wildman–Crippen LogP) is 2.18. The van der Waals surface area contributed by atoms with Crippen molar-refractivity contribution >= 4 is 21.9 Å². The molecule has 0 aromatic rings. The van der Waals surface area contributed by atoms with Crippen molar-refractivity contribution in [2.75, 3.05) is 6.61 Å². The first-order valence-electron chi connectivity index (χ1n) is 6.29. The Balaban J connectivity index is 5.50. The highest BCUT2D eigenvalue weighted by Gasteiger charge is 2.52. The number of ketones is 1. The van der Waals surface area contributed by atoms with E-state index in [-0.39, 0.29) is 6.42 Å². The molecule has 0 N–H and O–H groups in total. The fourth-order valence-corrected chi connectivity index (χ4v) is 1.91. The van der Waals surface area contributed by atoms with Crippen LogP contribution >= 0.6 is 0 Å². The fraction of sp³-hybridized carbons (Fsp3) is 0.833. The van der Waals surface area contributed by atoms with Crippen molar-refractivity contribution in [3.63, 3.8) is 0 Å². The number of rotatable bonds is 6. The van der Waals surface area contributed by atoms with Crippen LogP contribution in [0.15, 0.2) is 0 Å². The van der Waals surface area contributed by atoms with Crippen LogP contribution in [0.1, 0.15) is 41.0 Å². The Hall–Kier alpha value is -1.16. The molecule has 10 heteroatoms. The van der Waals surface area contributed by atoms with E-state index in [1.807, 2.05) is 0 Å². The van der Waals surface area contributed by atoms with Gasteiger partial charge in [0.15, 0.2) is 5.41 Å². The molecule has 0 saturated heterocycles. The van der Waals surface area contributed by atoms with E-state index in [1.54, 1.807) is 0 Å². The van der Waals surface area contributed by atoms with Crippen LogP contribution < -0.4 is 0 Å². The lowest BCUT2D eigenvalue weighted by Crippen LogP contribution is -2.46. The number of carbonyl (C=O) groups is 2. The van der Waals surface area contributed by atoms with Gasteiger partial charge in [-0.05, 0) is 34.1 Å². The molecule has 0 aliphatic carbocycles. The van der Waals surface area contributed by atoms with Gasteiger partial charge in [-0.25, -0.2) is 0 Å². The highest BCUT2D eigenvalue weighted by molar-refractivity contribution is 7.87.